The molecule has 0 spiro atoms. The van der Waals surface area contributed by atoms with Gasteiger partial charge in [0.25, 0.3) is 0 Å². The zero-order valence-corrected chi connectivity index (χ0v) is 15.9. The van der Waals surface area contributed by atoms with Gasteiger partial charge in [-0.25, -0.2) is 0 Å². The van der Waals surface area contributed by atoms with Gasteiger partial charge in [-0.15, -0.1) is 0 Å². The topological polar surface area (TPSA) is 0 Å². The van der Waals surface area contributed by atoms with Gasteiger partial charge in [0, 0.05) is 26.4 Å². The summed E-state index contributed by atoms with van der Waals surface area (Å²) < 4.78 is 0. The summed E-state index contributed by atoms with van der Waals surface area (Å²) in [4.78, 5) is 0. The Bertz CT molecular complexity index is 824. The molecular formula is C18H12Cl3PS. The summed E-state index contributed by atoms with van der Waals surface area (Å²) in [5, 5.41) is 5.12. The van der Waals surface area contributed by atoms with Gasteiger partial charge in [-0.1, -0.05) is 89.1 Å². The molecule has 0 aliphatic carbocycles. The number of hydrogen-bond acceptors (Lipinski definition) is 1. The van der Waals surface area contributed by atoms with E-state index in [1.807, 2.05) is 72.8 Å². The minimum atomic E-state index is -2.27. The Morgan fingerprint density at radius 1 is 0.609 bits per heavy atom. The van der Waals surface area contributed by atoms with Crippen molar-refractivity contribution in [3.63, 3.8) is 0 Å². The summed E-state index contributed by atoms with van der Waals surface area (Å²) in [5.41, 5.74) is 0. The van der Waals surface area contributed by atoms with Gasteiger partial charge in [0.05, 0.1) is 0 Å². The highest BCUT2D eigenvalue weighted by molar-refractivity contribution is 8.25. The molecule has 0 fully saturated rings. The fourth-order valence-electron chi connectivity index (χ4n) is 2.44. The van der Waals surface area contributed by atoms with E-state index in [9.17, 15) is 0 Å². The smallest absolute Gasteiger partial charge is 0.0496 e. The molecule has 0 nitrogen and oxygen atoms in total. The van der Waals surface area contributed by atoms with Gasteiger partial charge >= 0.3 is 0 Å². The fraction of sp³-hybridized carbons (Fsp3) is 0. The van der Waals surface area contributed by atoms with Crippen LogP contribution in [-0.4, -0.2) is 0 Å². The van der Waals surface area contributed by atoms with Crippen molar-refractivity contribution in [2.45, 2.75) is 0 Å². The van der Waals surface area contributed by atoms with Gasteiger partial charge in [0.1, 0.15) is 0 Å². The summed E-state index contributed by atoms with van der Waals surface area (Å²) in [6.07, 6.45) is 0. The van der Waals surface area contributed by atoms with Crippen LogP contribution >= 0.6 is 40.8 Å². The predicted molar refractivity (Wildman–Crippen MR) is 108 cm³/mol. The number of halogens is 3. The highest BCUT2D eigenvalue weighted by Gasteiger charge is 2.26. The van der Waals surface area contributed by atoms with Crippen molar-refractivity contribution in [2.75, 3.05) is 0 Å². The lowest BCUT2D eigenvalue weighted by Gasteiger charge is -2.25. The molecule has 0 aliphatic rings. The monoisotopic (exact) mass is 396 g/mol. The van der Waals surface area contributed by atoms with Gasteiger partial charge in [0.2, 0.25) is 0 Å². The molecule has 0 radical (unpaired) electrons. The first-order valence-corrected chi connectivity index (χ1v) is 10.8. The second kappa shape index (κ2) is 6.97. The molecule has 23 heavy (non-hydrogen) atoms. The highest BCUT2D eigenvalue weighted by Crippen LogP contribution is 2.45. The van der Waals surface area contributed by atoms with Crippen molar-refractivity contribution in [3.05, 3.63) is 87.9 Å². The Morgan fingerprint density at radius 2 is 1.04 bits per heavy atom. The van der Waals surface area contributed by atoms with Gasteiger partial charge in [-0.05, 0) is 40.9 Å². The van der Waals surface area contributed by atoms with Crippen LogP contribution in [0.15, 0.2) is 72.8 Å². The van der Waals surface area contributed by atoms with Crippen LogP contribution in [0.4, 0.5) is 0 Å². The van der Waals surface area contributed by atoms with E-state index in [1.54, 1.807) is 0 Å². The SMILES string of the molecule is S=P(c1ccc(Cl)cc1)(c1ccc(Cl)cc1)c1ccccc1Cl. The first-order chi connectivity index (χ1) is 11.0. The highest BCUT2D eigenvalue weighted by atomic mass is 35.5. The fourth-order valence-corrected chi connectivity index (χ4v) is 7.23. The average molecular weight is 398 g/mol. The second-order valence-corrected chi connectivity index (χ2v) is 10.7. The van der Waals surface area contributed by atoms with Crippen molar-refractivity contribution in [3.8, 4) is 0 Å². The van der Waals surface area contributed by atoms with Crippen LogP contribution in [0.2, 0.25) is 15.1 Å². The third-order valence-corrected chi connectivity index (χ3v) is 9.51. The Balaban J connectivity index is 2.29. The lowest BCUT2D eigenvalue weighted by atomic mass is 10.3. The molecule has 5 heteroatoms. The molecule has 0 aliphatic heterocycles. The third kappa shape index (κ3) is 3.36. The van der Waals surface area contributed by atoms with E-state index in [2.05, 4.69) is 0 Å². The molecule has 3 rings (SSSR count). The van der Waals surface area contributed by atoms with E-state index in [4.69, 9.17) is 46.6 Å². The Morgan fingerprint density at radius 3 is 1.48 bits per heavy atom. The minimum Gasteiger partial charge on any atom is -0.0843 e. The maximum absolute atomic E-state index is 6.48. The van der Waals surface area contributed by atoms with Crippen LogP contribution < -0.4 is 15.9 Å². The van der Waals surface area contributed by atoms with E-state index in [0.717, 1.165) is 15.9 Å². The zero-order valence-electron chi connectivity index (χ0n) is 11.9. The molecular weight excluding hydrogens is 386 g/mol. The van der Waals surface area contributed by atoms with E-state index < -0.39 is 6.04 Å². The van der Waals surface area contributed by atoms with Gasteiger partial charge in [0.15, 0.2) is 0 Å². The van der Waals surface area contributed by atoms with E-state index in [0.29, 0.717) is 15.1 Å². The number of hydrogen-bond donors (Lipinski definition) is 0. The molecule has 0 aromatic heterocycles. The van der Waals surface area contributed by atoms with Gasteiger partial charge in [-0.3, -0.25) is 0 Å². The predicted octanol–water partition coefficient (Wildman–Crippen LogP) is 5.40. The summed E-state index contributed by atoms with van der Waals surface area (Å²) >= 11 is 24.8. The summed E-state index contributed by atoms with van der Waals surface area (Å²) in [7, 11) is 0. The largest absolute Gasteiger partial charge is 0.0843 e. The first-order valence-electron chi connectivity index (χ1n) is 6.89. The van der Waals surface area contributed by atoms with Crippen molar-refractivity contribution >= 4 is 68.6 Å². The molecule has 3 aromatic rings. The van der Waals surface area contributed by atoms with Crippen molar-refractivity contribution in [1.82, 2.24) is 0 Å². The zero-order chi connectivity index (χ0) is 16.4. The van der Waals surface area contributed by atoms with Crippen LogP contribution in [-0.2, 0) is 11.8 Å². The van der Waals surface area contributed by atoms with Gasteiger partial charge in [-0.2, -0.15) is 0 Å². The standard InChI is InChI=1S/C18H12Cl3PS/c19-13-5-9-15(10-6-13)22(23,16-11-7-14(20)8-12-16)18-4-2-1-3-17(18)21/h1-12H. The first kappa shape index (κ1) is 17.0. The van der Waals surface area contributed by atoms with Crippen molar-refractivity contribution in [2.24, 2.45) is 0 Å². The summed E-state index contributed by atoms with van der Waals surface area (Å²) in [6, 6.07) is 20.9. The van der Waals surface area contributed by atoms with Crippen LogP contribution in [0.3, 0.4) is 0 Å². The third-order valence-electron chi connectivity index (χ3n) is 3.57. The maximum Gasteiger partial charge on any atom is 0.0496 e. The Kier molecular flexibility index (Phi) is 5.16. The molecule has 0 saturated carbocycles. The molecule has 0 heterocycles. The number of benzene rings is 3. The van der Waals surface area contributed by atoms with E-state index >= 15 is 0 Å². The minimum absolute atomic E-state index is 0.681. The lowest BCUT2D eigenvalue weighted by Crippen LogP contribution is -2.25. The van der Waals surface area contributed by atoms with Crippen molar-refractivity contribution in [1.29, 1.82) is 0 Å². The van der Waals surface area contributed by atoms with Crippen LogP contribution in [0.25, 0.3) is 0 Å². The molecule has 0 saturated heterocycles. The molecule has 3 aromatic carbocycles. The molecule has 0 bridgehead atoms. The molecule has 0 atom stereocenters. The summed E-state index contributed by atoms with van der Waals surface area (Å²) in [5.74, 6) is 0. The van der Waals surface area contributed by atoms with Crippen LogP contribution in [0.5, 0.6) is 0 Å². The molecule has 0 amide bonds. The Hall–Kier alpha value is -0.820. The quantitative estimate of drug-likeness (QED) is 0.533. The average Bonchev–Trinajstić information content (AvgIpc) is 2.56. The van der Waals surface area contributed by atoms with Crippen molar-refractivity contribution < 1.29 is 0 Å². The normalized spacial score (nSPS) is 11.4. The lowest BCUT2D eigenvalue weighted by molar-refractivity contribution is 1.73. The Labute approximate surface area is 156 Å². The number of rotatable bonds is 3. The van der Waals surface area contributed by atoms with E-state index in [1.165, 1.54) is 0 Å². The second-order valence-electron chi connectivity index (χ2n) is 5.01. The molecule has 116 valence electrons. The van der Waals surface area contributed by atoms with Gasteiger partial charge < -0.3 is 0 Å². The van der Waals surface area contributed by atoms with Crippen LogP contribution in [0, 0.1) is 0 Å². The van der Waals surface area contributed by atoms with E-state index in [-0.39, 0.29) is 0 Å². The summed E-state index contributed by atoms with van der Waals surface area (Å²) in [6.45, 7) is 0. The van der Waals surface area contributed by atoms with Crippen LogP contribution in [0.1, 0.15) is 0 Å². The maximum atomic E-state index is 6.48. The molecule has 0 unspecified atom stereocenters. The molecule has 0 N–H and O–H groups in total.